The summed E-state index contributed by atoms with van der Waals surface area (Å²) in [5.74, 6) is -0.0524. The van der Waals surface area contributed by atoms with Gasteiger partial charge in [-0.05, 0) is 37.0 Å². The molecule has 0 aliphatic rings. The summed E-state index contributed by atoms with van der Waals surface area (Å²) in [5.41, 5.74) is 9.43. The highest BCUT2D eigenvalue weighted by Crippen LogP contribution is 2.22. The zero-order chi connectivity index (χ0) is 14.5. The van der Waals surface area contributed by atoms with Gasteiger partial charge in [-0.3, -0.25) is 4.79 Å². The normalized spacial score (nSPS) is 12.6. The molecule has 1 heterocycles. The fraction of sp³-hybridized carbons (Fsp3) is 0.438. The van der Waals surface area contributed by atoms with Gasteiger partial charge in [-0.2, -0.15) is 0 Å². The Labute approximate surface area is 119 Å². The number of benzene rings is 1. The molecule has 0 radical (unpaired) electrons. The van der Waals surface area contributed by atoms with Gasteiger partial charge < -0.3 is 16.0 Å². The highest BCUT2D eigenvalue weighted by Gasteiger charge is 2.12. The molecule has 0 saturated carbocycles. The molecule has 0 bridgehead atoms. The van der Waals surface area contributed by atoms with E-state index in [4.69, 9.17) is 5.73 Å². The van der Waals surface area contributed by atoms with E-state index in [9.17, 15) is 4.79 Å². The van der Waals surface area contributed by atoms with Gasteiger partial charge in [0.05, 0.1) is 6.04 Å². The van der Waals surface area contributed by atoms with E-state index in [2.05, 4.69) is 29.4 Å². The number of fused-ring (bicyclic) bond motifs is 1. The van der Waals surface area contributed by atoms with E-state index in [1.165, 1.54) is 16.5 Å². The summed E-state index contributed by atoms with van der Waals surface area (Å²) in [5, 5.41) is 4.18. The number of carbonyl (C=O) groups is 1. The van der Waals surface area contributed by atoms with Crippen molar-refractivity contribution in [2.45, 2.75) is 39.2 Å². The minimum atomic E-state index is -0.385. The number of hydrogen-bond donors (Lipinski definition) is 3. The average molecular weight is 273 g/mol. The lowest BCUT2D eigenvalue weighted by atomic mass is 10.1. The number of amides is 1. The van der Waals surface area contributed by atoms with Crippen LogP contribution in [0.4, 0.5) is 0 Å². The lowest BCUT2D eigenvalue weighted by Gasteiger charge is -2.11. The Morgan fingerprint density at radius 2 is 2.25 bits per heavy atom. The Morgan fingerprint density at radius 1 is 1.45 bits per heavy atom. The molecule has 0 aliphatic heterocycles. The van der Waals surface area contributed by atoms with Crippen molar-refractivity contribution in [3.8, 4) is 0 Å². The summed E-state index contributed by atoms with van der Waals surface area (Å²) < 4.78 is 0. The second-order valence-electron chi connectivity index (χ2n) is 5.25. The lowest BCUT2D eigenvalue weighted by molar-refractivity contribution is -0.122. The molecule has 20 heavy (non-hydrogen) atoms. The monoisotopic (exact) mass is 273 g/mol. The lowest BCUT2D eigenvalue weighted by Crippen LogP contribution is -2.41. The minimum Gasteiger partial charge on any atom is -0.361 e. The number of nitrogens with two attached hydrogens (primary N) is 1. The average Bonchev–Trinajstić information content (AvgIpc) is 2.83. The van der Waals surface area contributed by atoms with Crippen molar-refractivity contribution in [1.82, 2.24) is 10.3 Å². The smallest absolute Gasteiger partial charge is 0.236 e. The number of H-pyrrole nitrogens is 1. The topological polar surface area (TPSA) is 70.9 Å². The first-order valence-corrected chi connectivity index (χ1v) is 7.22. The molecule has 1 aromatic carbocycles. The summed E-state index contributed by atoms with van der Waals surface area (Å²) in [7, 11) is 0. The Balaban J connectivity index is 1.95. The van der Waals surface area contributed by atoms with Crippen LogP contribution >= 0.6 is 0 Å². The number of aromatic amines is 1. The number of aromatic nitrogens is 1. The van der Waals surface area contributed by atoms with Gasteiger partial charge in [-0.25, -0.2) is 0 Å². The van der Waals surface area contributed by atoms with Crippen LogP contribution in [0, 0.1) is 6.92 Å². The largest absolute Gasteiger partial charge is 0.361 e. The van der Waals surface area contributed by atoms with E-state index < -0.39 is 0 Å². The third-order valence-electron chi connectivity index (χ3n) is 3.63. The zero-order valence-electron chi connectivity index (χ0n) is 12.2. The second-order valence-corrected chi connectivity index (χ2v) is 5.25. The summed E-state index contributed by atoms with van der Waals surface area (Å²) in [6, 6.07) is 5.84. The summed E-state index contributed by atoms with van der Waals surface area (Å²) in [6.45, 7) is 4.76. The molecule has 0 aliphatic carbocycles. The van der Waals surface area contributed by atoms with Crippen molar-refractivity contribution >= 4 is 16.8 Å². The van der Waals surface area contributed by atoms with Gasteiger partial charge >= 0.3 is 0 Å². The molecule has 108 valence electrons. The maximum absolute atomic E-state index is 11.7. The van der Waals surface area contributed by atoms with Gasteiger partial charge in [0.15, 0.2) is 0 Å². The number of rotatable bonds is 6. The summed E-state index contributed by atoms with van der Waals surface area (Å²) >= 11 is 0. The zero-order valence-corrected chi connectivity index (χ0v) is 12.2. The maximum atomic E-state index is 11.7. The minimum absolute atomic E-state index is 0.0524. The van der Waals surface area contributed by atoms with Gasteiger partial charge in [0, 0.05) is 23.6 Å². The third kappa shape index (κ3) is 3.20. The molecule has 0 saturated heterocycles. The molecule has 4 N–H and O–H groups in total. The molecule has 1 unspecified atom stereocenters. The fourth-order valence-corrected chi connectivity index (χ4v) is 2.54. The Morgan fingerprint density at radius 3 is 3.00 bits per heavy atom. The van der Waals surface area contributed by atoms with E-state index >= 15 is 0 Å². The number of hydrogen-bond acceptors (Lipinski definition) is 2. The third-order valence-corrected chi connectivity index (χ3v) is 3.63. The Bertz CT molecular complexity index is 588. The quantitative estimate of drug-likeness (QED) is 0.755. The number of nitrogens with one attached hydrogen (secondary N) is 2. The SMILES string of the molecule is CCCC(N)C(=O)NCCc1c[nH]c2cccc(C)c12. The number of carbonyl (C=O) groups excluding carboxylic acids is 1. The van der Waals surface area contributed by atoms with Gasteiger partial charge in [0.25, 0.3) is 0 Å². The van der Waals surface area contributed by atoms with E-state index in [0.717, 1.165) is 24.8 Å². The molecule has 0 fully saturated rings. The van der Waals surface area contributed by atoms with Gasteiger partial charge in [-0.1, -0.05) is 25.5 Å². The van der Waals surface area contributed by atoms with Crippen molar-refractivity contribution in [2.24, 2.45) is 5.73 Å². The van der Waals surface area contributed by atoms with Crippen molar-refractivity contribution < 1.29 is 4.79 Å². The van der Waals surface area contributed by atoms with Crippen LogP contribution in [0.15, 0.2) is 24.4 Å². The van der Waals surface area contributed by atoms with Crippen molar-refractivity contribution in [2.75, 3.05) is 6.54 Å². The molecular formula is C16H23N3O. The van der Waals surface area contributed by atoms with E-state index in [1.54, 1.807) is 0 Å². The second kappa shape index (κ2) is 6.57. The number of aryl methyl sites for hydroxylation is 1. The predicted octanol–water partition coefficient (Wildman–Crippen LogP) is 2.26. The predicted molar refractivity (Wildman–Crippen MR) is 82.6 cm³/mol. The van der Waals surface area contributed by atoms with Crippen LogP contribution in [0.3, 0.4) is 0 Å². The molecule has 4 heteroatoms. The van der Waals surface area contributed by atoms with Crippen LogP contribution in [-0.4, -0.2) is 23.5 Å². The Hall–Kier alpha value is -1.81. The van der Waals surface area contributed by atoms with Crippen molar-refractivity contribution in [3.63, 3.8) is 0 Å². The standard InChI is InChI=1S/C16H23N3O/c1-3-5-13(17)16(20)18-9-8-12-10-19-14-7-4-6-11(2)15(12)14/h4,6-7,10,13,19H,3,5,8-9,17H2,1-2H3,(H,18,20). The van der Waals surface area contributed by atoms with Crippen LogP contribution in [0.1, 0.15) is 30.9 Å². The van der Waals surface area contributed by atoms with E-state index in [0.29, 0.717) is 6.54 Å². The van der Waals surface area contributed by atoms with Gasteiger partial charge in [0.1, 0.15) is 0 Å². The first-order chi connectivity index (χ1) is 9.63. The molecular weight excluding hydrogens is 250 g/mol. The van der Waals surface area contributed by atoms with Gasteiger partial charge in [0.2, 0.25) is 5.91 Å². The summed E-state index contributed by atoms with van der Waals surface area (Å²) in [4.78, 5) is 15.0. The van der Waals surface area contributed by atoms with Crippen LogP contribution in [0.2, 0.25) is 0 Å². The molecule has 2 aromatic rings. The van der Waals surface area contributed by atoms with Gasteiger partial charge in [-0.15, -0.1) is 0 Å². The van der Waals surface area contributed by atoms with Crippen LogP contribution in [-0.2, 0) is 11.2 Å². The maximum Gasteiger partial charge on any atom is 0.236 e. The first-order valence-electron chi connectivity index (χ1n) is 7.22. The van der Waals surface area contributed by atoms with Crippen LogP contribution in [0.25, 0.3) is 10.9 Å². The van der Waals surface area contributed by atoms with Crippen LogP contribution < -0.4 is 11.1 Å². The highest BCUT2D eigenvalue weighted by molar-refractivity contribution is 5.86. The first kappa shape index (κ1) is 14.6. The Kier molecular flexibility index (Phi) is 4.79. The fourth-order valence-electron chi connectivity index (χ4n) is 2.54. The van der Waals surface area contributed by atoms with Crippen molar-refractivity contribution in [1.29, 1.82) is 0 Å². The van der Waals surface area contributed by atoms with Crippen molar-refractivity contribution in [3.05, 3.63) is 35.5 Å². The highest BCUT2D eigenvalue weighted by atomic mass is 16.2. The van der Waals surface area contributed by atoms with E-state index in [-0.39, 0.29) is 11.9 Å². The molecule has 2 rings (SSSR count). The molecule has 4 nitrogen and oxygen atoms in total. The molecule has 1 aromatic heterocycles. The molecule has 0 spiro atoms. The van der Waals surface area contributed by atoms with Crippen LogP contribution in [0.5, 0.6) is 0 Å². The molecule has 1 atom stereocenters. The molecule has 1 amide bonds. The van der Waals surface area contributed by atoms with E-state index in [1.807, 2.05) is 19.2 Å². The summed E-state index contributed by atoms with van der Waals surface area (Å²) in [6.07, 6.45) is 4.50.